The van der Waals surface area contributed by atoms with E-state index in [2.05, 4.69) is 14.7 Å². The van der Waals surface area contributed by atoms with Gasteiger partial charge in [-0.25, -0.2) is 19.1 Å². The summed E-state index contributed by atoms with van der Waals surface area (Å²) >= 11 is -2.36. The molecule has 0 radical (unpaired) electrons. The number of carbonyl (C=O) groups is 1. The normalized spacial score (nSPS) is 12.1. The van der Waals surface area contributed by atoms with Crippen molar-refractivity contribution in [3.8, 4) is 5.88 Å². The summed E-state index contributed by atoms with van der Waals surface area (Å²) in [6, 6.07) is 9.23. The highest BCUT2D eigenvalue weighted by atomic mass is 32.2. The van der Waals surface area contributed by atoms with E-state index >= 15 is 0 Å². The molecule has 0 saturated heterocycles. The highest BCUT2D eigenvalue weighted by Crippen LogP contribution is 2.21. The maximum Gasteiger partial charge on any atom is 0.232 e. The van der Waals surface area contributed by atoms with Crippen molar-refractivity contribution >= 4 is 28.1 Å². The Labute approximate surface area is 174 Å². The molecule has 30 heavy (non-hydrogen) atoms. The van der Waals surface area contributed by atoms with Gasteiger partial charge in [0.2, 0.25) is 5.88 Å². The molecule has 1 aromatic heterocycles. The number of aryl methyl sites for hydroxylation is 1. The van der Waals surface area contributed by atoms with E-state index in [9.17, 15) is 17.9 Å². The molecule has 2 aromatic carbocycles. The van der Waals surface area contributed by atoms with Crippen LogP contribution in [0.1, 0.15) is 27.9 Å². The molecule has 0 fully saturated rings. The average molecular weight is 432 g/mol. The number of halogens is 1. The van der Waals surface area contributed by atoms with Gasteiger partial charge in [-0.05, 0) is 42.7 Å². The van der Waals surface area contributed by atoms with E-state index in [1.54, 1.807) is 24.3 Å². The lowest BCUT2D eigenvalue weighted by Crippen LogP contribution is -2.18. The summed E-state index contributed by atoms with van der Waals surface area (Å²) in [6.07, 6.45) is 2.09. The zero-order valence-corrected chi connectivity index (χ0v) is 16.7. The second-order valence-electron chi connectivity index (χ2n) is 6.32. The molecular weight excluding hydrogens is 413 g/mol. The smallest absolute Gasteiger partial charge is 0.232 e. The van der Waals surface area contributed by atoms with Crippen molar-refractivity contribution < 1.29 is 27.8 Å². The van der Waals surface area contributed by atoms with Crippen molar-refractivity contribution in [2.24, 2.45) is 0 Å². The monoisotopic (exact) mass is 432 g/mol. The van der Waals surface area contributed by atoms with E-state index in [0.29, 0.717) is 23.0 Å². The predicted octanol–water partition coefficient (Wildman–Crippen LogP) is 1.69. The highest BCUT2D eigenvalue weighted by Gasteiger charge is 2.17. The second-order valence-corrected chi connectivity index (χ2v) is 7.08. The number of nitrogens with one attached hydrogen (secondary N) is 1. The summed E-state index contributed by atoms with van der Waals surface area (Å²) in [5, 5.41) is 8.84. The zero-order valence-electron chi connectivity index (χ0n) is 15.8. The molecule has 0 bridgehead atoms. The fourth-order valence-electron chi connectivity index (χ4n) is 2.89. The molecule has 0 aliphatic rings. The van der Waals surface area contributed by atoms with Gasteiger partial charge in [0.15, 0.2) is 5.78 Å². The Kier molecular flexibility index (Phi) is 7.52. The van der Waals surface area contributed by atoms with Crippen LogP contribution in [0, 0.1) is 5.82 Å². The zero-order chi connectivity index (χ0) is 21.5. The Balaban J connectivity index is 1.82. The topological polar surface area (TPSA) is 124 Å². The molecule has 1 atom stereocenters. The van der Waals surface area contributed by atoms with Crippen LogP contribution in [-0.4, -0.2) is 49.4 Å². The van der Waals surface area contributed by atoms with E-state index in [-0.39, 0.29) is 43.2 Å². The lowest BCUT2D eigenvalue weighted by atomic mass is 9.98. The lowest BCUT2D eigenvalue weighted by molar-refractivity contribution is 0.103. The maximum atomic E-state index is 14.9. The van der Waals surface area contributed by atoms with Crippen molar-refractivity contribution in [1.82, 2.24) is 14.7 Å². The van der Waals surface area contributed by atoms with Crippen LogP contribution in [0.15, 0.2) is 42.6 Å². The van der Waals surface area contributed by atoms with Crippen molar-refractivity contribution in [2.45, 2.75) is 12.8 Å². The van der Waals surface area contributed by atoms with Crippen LogP contribution in [-0.2, 0) is 17.7 Å². The molecule has 1 heterocycles. The number of hydrogen-bond donors (Lipinski definition) is 2. The van der Waals surface area contributed by atoms with Gasteiger partial charge in [-0.2, -0.15) is 0 Å². The molecule has 3 aromatic rings. The summed E-state index contributed by atoms with van der Waals surface area (Å²) in [5.74, 6) is -0.919. The lowest BCUT2D eigenvalue weighted by Gasteiger charge is -2.10. The molecule has 0 saturated carbocycles. The number of benzene rings is 2. The van der Waals surface area contributed by atoms with E-state index < -0.39 is 22.9 Å². The summed E-state index contributed by atoms with van der Waals surface area (Å²) in [4.78, 5) is 21.3. The number of ether oxygens (including phenoxy) is 1. The Bertz CT molecular complexity index is 1080. The maximum absolute atomic E-state index is 14.9. The third-order valence-electron chi connectivity index (χ3n) is 4.29. The van der Waals surface area contributed by atoms with E-state index in [1.165, 1.54) is 18.3 Å². The highest BCUT2D eigenvalue weighted by molar-refractivity contribution is 7.77. The number of hydrogen-bond acceptors (Lipinski definition) is 7. The number of rotatable bonds is 10. The van der Waals surface area contributed by atoms with Gasteiger partial charge in [-0.15, -0.1) is 0 Å². The van der Waals surface area contributed by atoms with Gasteiger partial charge in [0.25, 0.3) is 0 Å². The SMILES string of the molecule is O=C(c1ccc2ncc(OCCO)nc2c1)c1cccc(CCCNS(=O)[O-])c1F. The molecule has 8 nitrogen and oxygen atoms in total. The largest absolute Gasteiger partial charge is 0.760 e. The first-order valence-electron chi connectivity index (χ1n) is 9.15. The van der Waals surface area contributed by atoms with Gasteiger partial charge in [-0.1, -0.05) is 12.1 Å². The quantitative estimate of drug-likeness (QED) is 0.284. The standard InChI is InChI=1S/C20H20FN3O5S/c21-19-13(4-2-8-23-30(27)28)3-1-5-15(19)20(26)14-6-7-16-17(11-14)24-18(12-22-16)29-10-9-25/h1,3,5-7,11-12,23,25H,2,4,8-10H2,(H,27,28)/p-1. The molecule has 0 spiro atoms. The minimum Gasteiger partial charge on any atom is -0.760 e. The van der Waals surface area contributed by atoms with Gasteiger partial charge in [-0.3, -0.25) is 9.00 Å². The van der Waals surface area contributed by atoms with Gasteiger partial charge in [0.1, 0.15) is 12.4 Å². The molecule has 0 aliphatic carbocycles. The van der Waals surface area contributed by atoms with Crippen molar-refractivity contribution in [2.75, 3.05) is 19.8 Å². The third kappa shape index (κ3) is 5.42. The van der Waals surface area contributed by atoms with Crippen molar-refractivity contribution in [3.05, 3.63) is 65.1 Å². The van der Waals surface area contributed by atoms with Crippen LogP contribution < -0.4 is 9.46 Å². The van der Waals surface area contributed by atoms with Gasteiger partial charge in [0, 0.05) is 23.4 Å². The van der Waals surface area contributed by atoms with Crippen LogP contribution in [0.25, 0.3) is 11.0 Å². The molecule has 2 N–H and O–H groups in total. The number of aromatic nitrogens is 2. The van der Waals surface area contributed by atoms with E-state index in [4.69, 9.17) is 9.84 Å². The number of fused-ring (bicyclic) bond motifs is 1. The second kappa shape index (κ2) is 10.3. The van der Waals surface area contributed by atoms with Crippen LogP contribution in [0.3, 0.4) is 0 Å². The predicted molar refractivity (Wildman–Crippen MR) is 107 cm³/mol. The minimum atomic E-state index is -2.36. The Morgan fingerprint density at radius 3 is 2.87 bits per heavy atom. The van der Waals surface area contributed by atoms with Crippen molar-refractivity contribution in [1.29, 1.82) is 0 Å². The Hall–Kier alpha value is -2.79. The summed E-state index contributed by atoms with van der Waals surface area (Å²) in [6.45, 7) is 0.0769. The number of carbonyl (C=O) groups excluding carboxylic acids is 1. The summed E-state index contributed by atoms with van der Waals surface area (Å²) < 4.78 is 43.3. The first-order chi connectivity index (χ1) is 14.5. The minimum absolute atomic E-state index is 0.0665. The van der Waals surface area contributed by atoms with Gasteiger partial charge in [0.05, 0.1) is 29.4 Å². The molecule has 10 heteroatoms. The molecule has 0 amide bonds. The molecule has 3 rings (SSSR count). The molecule has 158 valence electrons. The third-order valence-corrected chi connectivity index (χ3v) is 4.73. The summed E-state index contributed by atoms with van der Waals surface area (Å²) in [7, 11) is 0. The first kappa shape index (κ1) is 21.9. The van der Waals surface area contributed by atoms with E-state index in [1.807, 2.05) is 0 Å². The number of aliphatic hydroxyl groups is 1. The van der Waals surface area contributed by atoms with Gasteiger partial charge >= 0.3 is 0 Å². The number of nitrogens with zero attached hydrogens (tertiary/aromatic N) is 2. The molecule has 0 aliphatic heterocycles. The van der Waals surface area contributed by atoms with Crippen molar-refractivity contribution in [3.63, 3.8) is 0 Å². The van der Waals surface area contributed by atoms with Crippen LogP contribution in [0.4, 0.5) is 4.39 Å². The Morgan fingerprint density at radius 2 is 2.10 bits per heavy atom. The molecule has 1 unspecified atom stereocenters. The van der Waals surface area contributed by atoms with E-state index in [0.717, 1.165) is 0 Å². The fourth-order valence-corrected chi connectivity index (χ4v) is 3.20. The van der Waals surface area contributed by atoms with Crippen LogP contribution in [0.2, 0.25) is 0 Å². The van der Waals surface area contributed by atoms with Crippen LogP contribution >= 0.6 is 0 Å². The van der Waals surface area contributed by atoms with Crippen LogP contribution in [0.5, 0.6) is 5.88 Å². The first-order valence-corrected chi connectivity index (χ1v) is 10.2. The van der Waals surface area contributed by atoms with Gasteiger partial charge < -0.3 is 14.4 Å². The Morgan fingerprint density at radius 1 is 1.27 bits per heavy atom. The molecular formula is C20H19FN3O5S-. The average Bonchev–Trinajstić information content (AvgIpc) is 2.75. The number of aliphatic hydroxyl groups excluding tert-OH is 1. The fraction of sp³-hybridized carbons (Fsp3) is 0.250. The summed E-state index contributed by atoms with van der Waals surface area (Å²) in [5.41, 5.74) is 1.45. The number of ketones is 1.